The number of hydrogen-bond donors (Lipinski definition) is 12. The zero-order valence-corrected chi connectivity index (χ0v) is 48.1. The topological polar surface area (TPSA) is 307 Å². The Balaban J connectivity index is 1.45. The fourth-order valence-electron chi connectivity index (χ4n) is 10.3. The first-order valence-corrected chi connectivity index (χ1v) is 30.7. The molecule has 0 saturated carbocycles. The van der Waals surface area contributed by atoms with Crippen LogP contribution in [0.15, 0.2) is 36.5 Å². The minimum absolute atomic E-state index is 0.232. The van der Waals surface area contributed by atoms with Gasteiger partial charge in [-0.3, -0.25) is 4.79 Å². The van der Waals surface area contributed by atoms with Gasteiger partial charge in [0, 0.05) is 6.42 Å². The van der Waals surface area contributed by atoms with E-state index in [2.05, 4.69) is 43.5 Å². The minimum Gasteiger partial charge on any atom is -0.394 e. The van der Waals surface area contributed by atoms with Crippen molar-refractivity contribution >= 4 is 5.91 Å². The minimum atomic E-state index is -1.98. The van der Waals surface area contributed by atoms with E-state index in [0.29, 0.717) is 12.8 Å². The fourth-order valence-corrected chi connectivity index (χ4v) is 10.3. The molecule has 0 aromatic heterocycles. The summed E-state index contributed by atoms with van der Waals surface area (Å²) in [5.41, 5.74) is 0. The Morgan fingerprint density at radius 1 is 0.443 bits per heavy atom. The van der Waals surface area contributed by atoms with Gasteiger partial charge in [0.1, 0.15) is 73.2 Å². The van der Waals surface area contributed by atoms with Gasteiger partial charge in [-0.15, -0.1) is 0 Å². The number of aliphatic hydroxyl groups excluding tert-OH is 11. The third-order valence-electron chi connectivity index (χ3n) is 15.4. The molecule has 12 N–H and O–H groups in total. The largest absolute Gasteiger partial charge is 0.394 e. The standard InChI is InChI=1S/C60H109NO18/c1-3-5-7-9-11-13-14-15-16-17-18-19-20-21-22-23-24-25-26-27-28-29-30-31-33-35-37-44(65)43(61-48(66)38-36-34-32-12-10-8-6-4-2)42-74-58-54(72)51(69)56(46(40-63)76-58)79-60-55(73)52(70)57(47(41-64)77-60)78-59-53(71)50(68)49(67)45(39-62)75-59/h25-26,29-30,35,37,43-47,49-60,62-65,67-73H,3-24,27-28,31-34,36,38-42H2,1-2H3,(H,61,66)/b26-25+,30-29+,37-35+. The molecule has 0 aliphatic carbocycles. The summed E-state index contributed by atoms with van der Waals surface area (Å²) in [4.78, 5) is 13.2. The highest BCUT2D eigenvalue weighted by molar-refractivity contribution is 5.76. The fraction of sp³-hybridized carbons (Fsp3) is 0.883. The van der Waals surface area contributed by atoms with Crippen LogP contribution in [0.25, 0.3) is 0 Å². The zero-order valence-electron chi connectivity index (χ0n) is 48.1. The summed E-state index contributed by atoms with van der Waals surface area (Å²) in [5, 5.41) is 120. The van der Waals surface area contributed by atoms with Crippen molar-refractivity contribution in [2.24, 2.45) is 0 Å². The number of hydrogen-bond acceptors (Lipinski definition) is 18. The van der Waals surface area contributed by atoms with Gasteiger partial charge in [0.25, 0.3) is 0 Å². The number of carbonyl (C=O) groups is 1. The second-order valence-electron chi connectivity index (χ2n) is 22.2. The summed E-state index contributed by atoms with van der Waals surface area (Å²) < 4.78 is 34.1. The van der Waals surface area contributed by atoms with Crippen molar-refractivity contribution in [2.75, 3.05) is 26.4 Å². The Hall–Kier alpha value is -1.99. The van der Waals surface area contributed by atoms with Crippen LogP contribution >= 0.6 is 0 Å². The molecule has 19 nitrogen and oxygen atoms in total. The number of ether oxygens (including phenoxy) is 6. The lowest BCUT2D eigenvalue weighted by atomic mass is 9.96. The molecule has 79 heavy (non-hydrogen) atoms. The molecule has 462 valence electrons. The van der Waals surface area contributed by atoms with E-state index < -0.39 is 124 Å². The first-order valence-electron chi connectivity index (χ1n) is 30.7. The number of carbonyl (C=O) groups excluding carboxylic acids is 1. The van der Waals surface area contributed by atoms with Crippen LogP contribution in [0.4, 0.5) is 0 Å². The Labute approximate surface area is 472 Å². The summed E-state index contributed by atoms with van der Waals surface area (Å²) in [7, 11) is 0. The molecule has 0 radical (unpaired) electrons. The van der Waals surface area contributed by atoms with Crippen LogP contribution in [0, 0.1) is 0 Å². The molecule has 0 aromatic carbocycles. The predicted octanol–water partition coefficient (Wildman–Crippen LogP) is 5.71. The average molecular weight is 1130 g/mol. The summed E-state index contributed by atoms with van der Waals surface area (Å²) in [6, 6.07) is -0.991. The van der Waals surface area contributed by atoms with Crippen molar-refractivity contribution in [3.05, 3.63) is 36.5 Å². The van der Waals surface area contributed by atoms with Crippen LogP contribution in [0.2, 0.25) is 0 Å². The van der Waals surface area contributed by atoms with Gasteiger partial charge < -0.3 is 89.9 Å². The van der Waals surface area contributed by atoms with Crippen molar-refractivity contribution in [3.63, 3.8) is 0 Å². The molecule has 3 fully saturated rings. The first kappa shape index (κ1) is 71.3. The van der Waals surface area contributed by atoms with Crippen LogP contribution in [0.3, 0.4) is 0 Å². The van der Waals surface area contributed by atoms with Gasteiger partial charge in [-0.1, -0.05) is 192 Å². The number of aliphatic hydroxyl groups is 11. The van der Waals surface area contributed by atoms with E-state index in [4.69, 9.17) is 28.4 Å². The molecule has 3 rings (SSSR count). The number of unbranched alkanes of at least 4 members (excludes halogenated alkanes) is 25. The van der Waals surface area contributed by atoms with Gasteiger partial charge in [0.05, 0.1) is 38.6 Å². The van der Waals surface area contributed by atoms with E-state index in [-0.39, 0.29) is 18.9 Å². The van der Waals surface area contributed by atoms with Crippen molar-refractivity contribution in [2.45, 2.75) is 311 Å². The lowest BCUT2D eigenvalue weighted by Gasteiger charge is -2.48. The van der Waals surface area contributed by atoms with E-state index in [1.54, 1.807) is 6.08 Å². The number of rotatable bonds is 45. The Morgan fingerprint density at radius 3 is 1.27 bits per heavy atom. The molecule has 19 heteroatoms. The smallest absolute Gasteiger partial charge is 0.220 e. The van der Waals surface area contributed by atoms with E-state index in [1.807, 2.05) is 6.08 Å². The lowest BCUT2D eigenvalue weighted by Crippen LogP contribution is -2.66. The zero-order chi connectivity index (χ0) is 57.6. The van der Waals surface area contributed by atoms with Gasteiger partial charge in [0.15, 0.2) is 18.9 Å². The quantitative estimate of drug-likeness (QED) is 0.0257. The molecule has 3 heterocycles. The number of allylic oxidation sites excluding steroid dienone is 5. The van der Waals surface area contributed by atoms with E-state index in [9.17, 15) is 61.0 Å². The Kier molecular flexibility index (Phi) is 39.4. The maximum atomic E-state index is 13.2. The summed E-state index contributed by atoms with van der Waals surface area (Å²) in [6.45, 7) is 1.65. The van der Waals surface area contributed by atoms with Crippen molar-refractivity contribution in [3.8, 4) is 0 Å². The Bertz CT molecular complexity index is 1590. The van der Waals surface area contributed by atoms with Gasteiger partial charge in [0.2, 0.25) is 5.91 Å². The average Bonchev–Trinajstić information content (AvgIpc) is 3.48. The predicted molar refractivity (Wildman–Crippen MR) is 300 cm³/mol. The van der Waals surface area contributed by atoms with E-state index >= 15 is 0 Å². The molecule has 0 spiro atoms. The van der Waals surface area contributed by atoms with Crippen LogP contribution in [0.5, 0.6) is 0 Å². The van der Waals surface area contributed by atoms with Crippen molar-refractivity contribution < 1.29 is 89.4 Å². The van der Waals surface area contributed by atoms with Gasteiger partial charge in [-0.25, -0.2) is 0 Å². The first-order chi connectivity index (χ1) is 38.3. The molecule has 1 amide bonds. The SMILES string of the molecule is CCCCCCCCCCCCCCCCCC/C=C/CC/C=C/CC/C=C/C(O)C(COC1OC(CO)C(OC2OC(CO)C(OC3OC(CO)C(O)C(O)C3O)C(O)C2O)C(O)C1O)NC(=O)CCCCCCCCCC. The van der Waals surface area contributed by atoms with Crippen molar-refractivity contribution in [1.29, 1.82) is 0 Å². The van der Waals surface area contributed by atoms with E-state index in [1.165, 1.54) is 122 Å². The molecule has 17 unspecified atom stereocenters. The molecule has 3 aliphatic heterocycles. The number of nitrogens with one attached hydrogen (secondary N) is 1. The molecule has 3 aliphatic rings. The van der Waals surface area contributed by atoms with Crippen LogP contribution < -0.4 is 5.32 Å². The van der Waals surface area contributed by atoms with Gasteiger partial charge in [-0.05, 0) is 44.9 Å². The molecular weight excluding hydrogens is 1020 g/mol. The van der Waals surface area contributed by atoms with Gasteiger partial charge in [-0.2, -0.15) is 0 Å². The third kappa shape index (κ3) is 27.5. The second-order valence-corrected chi connectivity index (χ2v) is 22.2. The molecule has 3 saturated heterocycles. The maximum absolute atomic E-state index is 13.2. The van der Waals surface area contributed by atoms with Crippen LogP contribution in [-0.2, 0) is 33.2 Å². The molecular formula is C60H109NO18. The molecule has 17 atom stereocenters. The van der Waals surface area contributed by atoms with Crippen LogP contribution in [0.1, 0.15) is 206 Å². The highest BCUT2D eigenvalue weighted by atomic mass is 16.8. The maximum Gasteiger partial charge on any atom is 0.220 e. The van der Waals surface area contributed by atoms with Gasteiger partial charge >= 0.3 is 0 Å². The normalized spacial score (nSPS) is 30.5. The molecule has 0 aromatic rings. The summed E-state index contributed by atoms with van der Waals surface area (Å²) in [6.07, 6.45) is 20.3. The van der Waals surface area contributed by atoms with Crippen LogP contribution in [-0.4, -0.2) is 193 Å². The number of amides is 1. The summed E-state index contributed by atoms with van der Waals surface area (Å²) in [5.74, 6) is -0.295. The lowest BCUT2D eigenvalue weighted by molar-refractivity contribution is -0.379. The highest BCUT2D eigenvalue weighted by Crippen LogP contribution is 2.33. The van der Waals surface area contributed by atoms with E-state index in [0.717, 1.165) is 51.4 Å². The molecule has 0 bridgehead atoms. The second kappa shape index (κ2) is 43.6. The Morgan fingerprint density at radius 2 is 0.810 bits per heavy atom. The highest BCUT2D eigenvalue weighted by Gasteiger charge is 2.53. The third-order valence-corrected chi connectivity index (χ3v) is 15.4. The monoisotopic (exact) mass is 1130 g/mol. The van der Waals surface area contributed by atoms with Crippen molar-refractivity contribution in [1.82, 2.24) is 5.32 Å². The summed E-state index contributed by atoms with van der Waals surface area (Å²) >= 11 is 0.